The zero-order valence-corrected chi connectivity index (χ0v) is 19.9. The van der Waals surface area contributed by atoms with Gasteiger partial charge in [0.25, 0.3) is 0 Å². The quantitative estimate of drug-likeness (QED) is 0.560. The second-order valence-electron chi connectivity index (χ2n) is 9.52. The van der Waals surface area contributed by atoms with Crippen LogP contribution in [0.5, 0.6) is 11.5 Å². The Morgan fingerprint density at radius 1 is 1.03 bits per heavy atom. The van der Waals surface area contributed by atoms with Crippen molar-refractivity contribution in [3.05, 3.63) is 12.1 Å². The van der Waals surface area contributed by atoms with E-state index in [1.54, 1.807) is 7.11 Å². The lowest BCUT2D eigenvalue weighted by Crippen LogP contribution is -2.38. The Labute approximate surface area is 197 Å². The van der Waals surface area contributed by atoms with Gasteiger partial charge in [-0.2, -0.15) is 4.98 Å². The number of likely N-dealkylation sites (tertiary alicyclic amines) is 1. The summed E-state index contributed by atoms with van der Waals surface area (Å²) in [5.74, 6) is 3.22. The van der Waals surface area contributed by atoms with E-state index in [0.717, 1.165) is 79.7 Å². The molecule has 8 nitrogen and oxygen atoms in total. The number of anilines is 2. The van der Waals surface area contributed by atoms with E-state index in [1.165, 1.54) is 45.2 Å². The lowest BCUT2D eigenvalue weighted by molar-refractivity contribution is 0.254. The van der Waals surface area contributed by atoms with Crippen molar-refractivity contribution in [2.75, 3.05) is 69.7 Å². The predicted molar refractivity (Wildman–Crippen MR) is 133 cm³/mol. The number of nitrogens with zero attached hydrogens (tertiary/aromatic N) is 4. The van der Waals surface area contributed by atoms with Crippen molar-refractivity contribution in [2.24, 2.45) is 0 Å². The van der Waals surface area contributed by atoms with Crippen LogP contribution in [0.2, 0.25) is 0 Å². The number of fused-ring (bicyclic) bond motifs is 1. The molecule has 0 radical (unpaired) electrons. The predicted octanol–water partition coefficient (Wildman–Crippen LogP) is 3.27. The molecule has 1 unspecified atom stereocenters. The minimum Gasteiger partial charge on any atom is -0.493 e. The lowest BCUT2D eigenvalue weighted by atomic mass is 10.1. The van der Waals surface area contributed by atoms with Crippen LogP contribution in [0.3, 0.4) is 0 Å². The van der Waals surface area contributed by atoms with Gasteiger partial charge in [0, 0.05) is 43.7 Å². The van der Waals surface area contributed by atoms with Crippen LogP contribution in [0.1, 0.15) is 44.9 Å². The summed E-state index contributed by atoms with van der Waals surface area (Å²) in [6, 6.07) is 4.45. The first kappa shape index (κ1) is 22.5. The van der Waals surface area contributed by atoms with Crippen LogP contribution in [-0.4, -0.2) is 80.4 Å². The molecule has 0 spiro atoms. The van der Waals surface area contributed by atoms with Crippen LogP contribution in [0.4, 0.5) is 11.8 Å². The molecule has 8 heteroatoms. The molecule has 1 aromatic heterocycles. The summed E-state index contributed by atoms with van der Waals surface area (Å²) >= 11 is 0. The number of benzene rings is 1. The van der Waals surface area contributed by atoms with Gasteiger partial charge in [0.2, 0.25) is 5.95 Å². The Morgan fingerprint density at radius 3 is 2.61 bits per heavy atom. The maximum atomic E-state index is 6.20. The topological polar surface area (TPSA) is 74.8 Å². The number of hydrogen-bond donors (Lipinski definition) is 2. The first-order valence-corrected chi connectivity index (χ1v) is 12.8. The summed E-state index contributed by atoms with van der Waals surface area (Å²) in [6.07, 6.45) is 8.39. The fourth-order valence-electron chi connectivity index (χ4n) is 5.21. The van der Waals surface area contributed by atoms with Crippen molar-refractivity contribution in [2.45, 2.75) is 51.0 Å². The zero-order chi connectivity index (χ0) is 22.5. The number of ether oxygens (including phenoxy) is 2. The van der Waals surface area contributed by atoms with Gasteiger partial charge in [-0.3, -0.25) is 0 Å². The molecule has 0 amide bonds. The molecule has 33 heavy (non-hydrogen) atoms. The first-order valence-electron chi connectivity index (χ1n) is 12.8. The summed E-state index contributed by atoms with van der Waals surface area (Å²) in [5.41, 5.74) is 0.911. The molecule has 3 aliphatic heterocycles. The van der Waals surface area contributed by atoms with Crippen LogP contribution in [0.15, 0.2) is 12.1 Å². The molecule has 0 saturated carbocycles. The van der Waals surface area contributed by atoms with Crippen molar-refractivity contribution in [1.29, 1.82) is 0 Å². The van der Waals surface area contributed by atoms with E-state index in [1.807, 2.05) is 12.1 Å². The molecular formula is C25H38N6O2. The molecule has 0 aliphatic carbocycles. The molecule has 4 heterocycles. The summed E-state index contributed by atoms with van der Waals surface area (Å²) in [6.45, 7) is 8.32. The normalized spacial score (nSPS) is 21.6. The molecule has 2 aromatic rings. The Bertz CT molecular complexity index is 921. The maximum Gasteiger partial charge on any atom is 0.227 e. The summed E-state index contributed by atoms with van der Waals surface area (Å²) in [7, 11) is 1.70. The van der Waals surface area contributed by atoms with Gasteiger partial charge in [-0.25, -0.2) is 4.98 Å². The van der Waals surface area contributed by atoms with E-state index in [-0.39, 0.29) is 0 Å². The number of methoxy groups -OCH3 is 1. The van der Waals surface area contributed by atoms with Gasteiger partial charge in [-0.15, -0.1) is 0 Å². The van der Waals surface area contributed by atoms with Crippen LogP contribution < -0.4 is 25.0 Å². The van der Waals surface area contributed by atoms with Crippen molar-refractivity contribution in [3.63, 3.8) is 0 Å². The smallest absolute Gasteiger partial charge is 0.227 e. The fraction of sp³-hybridized carbons (Fsp3) is 0.680. The molecule has 1 atom stereocenters. The molecular weight excluding hydrogens is 416 g/mol. The van der Waals surface area contributed by atoms with Crippen molar-refractivity contribution >= 4 is 22.7 Å². The number of piperidine rings is 1. The molecule has 0 bridgehead atoms. The number of hydrogen-bond acceptors (Lipinski definition) is 8. The molecule has 3 fully saturated rings. The van der Waals surface area contributed by atoms with Gasteiger partial charge in [-0.1, -0.05) is 0 Å². The lowest BCUT2D eigenvalue weighted by Gasteiger charge is -2.26. The van der Waals surface area contributed by atoms with E-state index in [4.69, 9.17) is 19.4 Å². The van der Waals surface area contributed by atoms with E-state index in [2.05, 4.69) is 20.4 Å². The highest BCUT2D eigenvalue weighted by atomic mass is 16.5. The second-order valence-corrected chi connectivity index (χ2v) is 9.52. The van der Waals surface area contributed by atoms with Crippen LogP contribution >= 0.6 is 0 Å². The fourth-order valence-corrected chi connectivity index (χ4v) is 5.21. The highest BCUT2D eigenvalue weighted by Gasteiger charge is 2.21. The van der Waals surface area contributed by atoms with Gasteiger partial charge in [-0.05, 0) is 70.6 Å². The Morgan fingerprint density at radius 2 is 1.85 bits per heavy atom. The third-order valence-electron chi connectivity index (χ3n) is 7.07. The number of aromatic nitrogens is 2. The van der Waals surface area contributed by atoms with E-state index in [0.29, 0.717) is 12.6 Å². The second kappa shape index (κ2) is 10.7. The summed E-state index contributed by atoms with van der Waals surface area (Å²) in [4.78, 5) is 14.7. The zero-order valence-electron chi connectivity index (χ0n) is 19.9. The van der Waals surface area contributed by atoms with Gasteiger partial charge < -0.3 is 29.9 Å². The third kappa shape index (κ3) is 5.44. The van der Waals surface area contributed by atoms with E-state index < -0.39 is 0 Å². The molecule has 5 rings (SSSR count). The van der Waals surface area contributed by atoms with Gasteiger partial charge >= 0.3 is 0 Å². The largest absolute Gasteiger partial charge is 0.493 e. The molecule has 2 N–H and O–H groups in total. The van der Waals surface area contributed by atoms with E-state index >= 15 is 0 Å². The maximum absolute atomic E-state index is 6.20. The Hall–Kier alpha value is -2.32. The van der Waals surface area contributed by atoms with Gasteiger partial charge in [0.15, 0.2) is 11.5 Å². The highest BCUT2D eigenvalue weighted by molar-refractivity contribution is 5.93. The Balaban J connectivity index is 1.39. The average molecular weight is 455 g/mol. The Kier molecular flexibility index (Phi) is 7.31. The monoisotopic (exact) mass is 454 g/mol. The van der Waals surface area contributed by atoms with Crippen molar-refractivity contribution in [1.82, 2.24) is 20.2 Å². The van der Waals surface area contributed by atoms with Gasteiger partial charge in [0.05, 0.1) is 19.2 Å². The van der Waals surface area contributed by atoms with Crippen LogP contribution in [0, 0.1) is 0 Å². The summed E-state index contributed by atoms with van der Waals surface area (Å²) in [5, 5.41) is 8.18. The molecule has 3 aliphatic rings. The minimum absolute atomic E-state index is 0.371. The van der Waals surface area contributed by atoms with Crippen molar-refractivity contribution < 1.29 is 9.47 Å². The van der Waals surface area contributed by atoms with Crippen LogP contribution in [-0.2, 0) is 0 Å². The summed E-state index contributed by atoms with van der Waals surface area (Å²) < 4.78 is 11.9. The standard InChI is InChI=1S/C25H38N6O2/c1-32-22-16-20-21(17-23(22)33-15-7-12-30-10-2-3-11-30)28-25(31-13-4-5-14-31)29-24(20)27-19-8-6-9-26-18-19/h16-17,19,26H,2-15,18H2,1H3,(H,27,28,29). The first-order chi connectivity index (χ1) is 16.3. The third-order valence-corrected chi connectivity index (χ3v) is 7.07. The average Bonchev–Trinajstić information content (AvgIpc) is 3.56. The molecule has 180 valence electrons. The SMILES string of the molecule is COc1cc2c(NC3CCCNC3)nc(N3CCCC3)nc2cc1OCCCN1CCCC1. The van der Waals surface area contributed by atoms with E-state index in [9.17, 15) is 0 Å². The number of nitrogens with one attached hydrogen (secondary N) is 2. The molecule has 3 saturated heterocycles. The van der Waals surface area contributed by atoms with Crippen LogP contribution in [0.25, 0.3) is 10.9 Å². The molecule has 1 aromatic carbocycles. The highest BCUT2D eigenvalue weighted by Crippen LogP contribution is 2.36. The van der Waals surface area contributed by atoms with Crippen molar-refractivity contribution in [3.8, 4) is 11.5 Å². The van der Waals surface area contributed by atoms with Gasteiger partial charge in [0.1, 0.15) is 5.82 Å². The number of rotatable bonds is 9. The minimum atomic E-state index is 0.371.